The SMILES string of the molecule is CCNCc1cc(Oc2ccccc2C(C)C)ncc1Cl. The van der Waals surface area contributed by atoms with Crippen molar-refractivity contribution in [2.45, 2.75) is 33.2 Å². The predicted molar refractivity (Wildman–Crippen MR) is 87.2 cm³/mol. The average molecular weight is 305 g/mol. The van der Waals surface area contributed by atoms with Gasteiger partial charge in [0.2, 0.25) is 5.88 Å². The molecular formula is C17H21ClN2O. The summed E-state index contributed by atoms with van der Waals surface area (Å²) in [6, 6.07) is 9.93. The van der Waals surface area contributed by atoms with E-state index in [1.807, 2.05) is 24.3 Å². The standard InChI is InChI=1S/C17H21ClN2O/c1-4-19-10-13-9-17(20-11-15(13)18)21-16-8-6-5-7-14(16)12(2)3/h5-9,11-12,19H,4,10H2,1-3H3. The van der Waals surface area contributed by atoms with Gasteiger partial charge in [-0.15, -0.1) is 0 Å². The minimum atomic E-state index is 0.398. The lowest BCUT2D eigenvalue weighted by Crippen LogP contribution is -2.12. The van der Waals surface area contributed by atoms with Gasteiger partial charge < -0.3 is 10.1 Å². The maximum Gasteiger partial charge on any atom is 0.219 e. The highest BCUT2D eigenvalue weighted by atomic mass is 35.5. The molecule has 1 N–H and O–H groups in total. The number of aromatic nitrogens is 1. The molecule has 1 heterocycles. The van der Waals surface area contributed by atoms with E-state index in [4.69, 9.17) is 16.3 Å². The van der Waals surface area contributed by atoms with E-state index in [9.17, 15) is 0 Å². The molecule has 0 aliphatic rings. The van der Waals surface area contributed by atoms with Crippen molar-refractivity contribution in [1.29, 1.82) is 0 Å². The molecule has 1 aromatic heterocycles. The first-order chi connectivity index (χ1) is 10.1. The molecule has 2 rings (SSSR count). The van der Waals surface area contributed by atoms with E-state index >= 15 is 0 Å². The first-order valence-corrected chi connectivity index (χ1v) is 7.61. The number of hydrogen-bond acceptors (Lipinski definition) is 3. The lowest BCUT2D eigenvalue weighted by Gasteiger charge is -2.14. The molecule has 0 radical (unpaired) electrons. The molecule has 112 valence electrons. The predicted octanol–water partition coefficient (Wildman–Crippen LogP) is 4.76. The van der Waals surface area contributed by atoms with Crippen LogP contribution in [-0.4, -0.2) is 11.5 Å². The summed E-state index contributed by atoms with van der Waals surface area (Å²) in [6.07, 6.45) is 1.64. The molecule has 0 unspecified atom stereocenters. The Hall–Kier alpha value is -1.58. The molecule has 0 bridgehead atoms. The van der Waals surface area contributed by atoms with E-state index in [1.165, 1.54) is 5.56 Å². The maximum absolute atomic E-state index is 6.16. The number of pyridine rings is 1. The summed E-state index contributed by atoms with van der Waals surface area (Å²) in [5.74, 6) is 1.81. The highest BCUT2D eigenvalue weighted by Gasteiger charge is 2.10. The zero-order valence-electron chi connectivity index (χ0n) is 12.7. The third-order valence-corrected chi connectivity index (χ3v) is 3.57. The molecule has 0 spiro atoms. The van der Waals surface area contributed by atoms with Crippen LogP contribution < -0.4 is 10.1 Å². The van der Waals surface area contributed by atoms with Gasteiger partial charge >= 0.3 is 0 Å². The van der Waals surface area contributed by atoms with Crippen molar-refractivity contribution in [3.05, 3.63) is 52.7 Å². The molecule has 0 amide bonds. The van der Waals surface area contributed by atoms with Gasteiger partial charge in [-0.25, -0.2) is 4.98 Å². The van der Waals surface area contributed by atoms with Crippen LogP contribution in [0.2, 0.25) is 5.02 Å². The summed E-state index contributed by atoms with van der Waals surface area (Å²) >= 11 is 6.16. The minimum Gasteiger partial charge on any atom is -0.439 e. The van der Waals surface area contributed by atoms with Crippen molar-refractivity contribution in [3.63, 3.8) is 0 Å². The van der Waals surface area contributed by atoms with Crippen molar-refractivity contribution in [2.75, 3.05) is 6.54 Å². The molecule has 2 aromatic rings. The summed E-state index contributed by atoms with van der Waals surface area (Å²) in [7, 11) is 0. The van der Waals surface area contributed by atoms with E-state index in [1.54, 1.807) is 6.20 Å². The van der Waals surface area contributed by atoms with E-state index in [-0.39, 0.29) is 0 Å². The first kappa shape index (κ1) is 15.8. The number of rotatable bonds is 6. The van der Waals surface area contributed by atoms with E-state index < -0.39 is 0 Å². The van der Waals surface area contributed by atoms with E-state index in [2.05, 4.69) is 37.1 Å². The van der Waals surface area contributed by atoms with Crippen LogP contribution in [0.4, 0.5) is 0 Å². The lowest BCUT2D eigenvalue weighted by molar-refractivity contribution is 0.453. The second-order valence-electron chi connectivity index (χ2n) is 5.19. The highest BCUT2D eigenvalue weighted by molar-refractivity contribution is 6.31. The molecular weight excluding hydrogens is 284 g/mol. The molecule has 4 heteroatoms. The van der Waals surface area contributed by atoms with Gasteiger partial charge in [-0.1, -0.05) is 50.6 Å². The summed E-state index contributed by atoms with van der Waals surface area (Å²) in [5, 5.41) is 3.91. The van der Waals surface area contributed by atoms with Crippen LogP contribution in [0.5, 0.6) is 11.6 Å². The molecule has 3 nitrogen and oxygen atoms in total. The van der Waals surface area contributed by atoms with Gasteiger partial charge in [0.25, 0.3) is 0 Å². The second kappa shape index (κ2) is 7.43. The Labute approximate surface area is 131 Å². The monoisotopic (exact) mass is 304 g/mol. The number of para-hydroxylation sites is 1. The molecule has 0 fully saturated rings. The number of hydrogen-bond donors (Lipinski definition) is 1. The van der Waals surface area contributed by atoms with E-state index in [0.29, 0.717) is 23.4 Å². The molecule has 21 heavy (non-hydrogen) atoms. The van der Waals surface area contributed by atoms with Crippen molar-refractivity contribution in [1.82, 2.24) is 10.3 Å². The largest absolute Gasteiger partial charge is 0.439 e. The zero-order chi connectivity index (χ0) is 15.2. The highest BCUT2D eigenvalue weighted by Crippen LogP contribution is 2.30. The van der Waals surface area contributed by atoms with Crippen molar-refractivity contribution in [2.24, 2.45) is 0 Å². The van der Waals surface area contributed by atoms with Gasteiger partial charge in [-0.2, -0.15) is 0 Å². The van der Waals surface area contributed by atoms with Crippen LogP contribution in [0.1, 0.15) is 37.8 Å². The first-order valence-electron chi connectivity index (χ1n) is 7.23. The van der Waals surface area contributed by atoms with Crippen molar-refractivity contribution >= 4 is 11.6 Å². The third-order valence-electron chi connectivity index (χ3n) is 3.23. The normalized spacial score (nSPS) is 10.9. The fraction of sp³-hybridized carbons (Fsp3) is 0.353. The van der Waals surface area contributed by atoms with Gasteiger partial charge in [-0.3, -0.25) is 0 Å². The van der Waals surface area contributed by atoms with Gasteiger partial charge in [0.1, 0.15) is 5.75 Å². The third kappa shape index (κ3) is 4.19. The molecule has 0 aliphatic carbocycles. The van der Waals surface area contributed by atoms with Crippen LogP contribution >= 0.6 is 11.6 Å². The summed E-state index contributed by atoms with van der Waals surface area (Å²) in [5.41, 5.74) is 2.16. The fourth-order valence-corrected chi connectivity index (χ4v) is 2.24. The van der Waals surface area contributed by atoms with Gasteiger partial charge in [0.05, 0.1) is 5.02 Å². The summed E-state index contributed by atoms with van der Waals surface area (Å²) in [6.45, 7) is 7.96. The average Bonchev–Trinajstić information content (AvgIpc) is 2.48. The minimum absolute atomic E-state index is 0.398. The zero-order valence-corrected chi connectivity index (χ0v) is 13.4. The van der Waals surface area contributed by atoms with Crippen LogP contribution in [0.25, 0.3) is 0 Å². The molecule has 0 aliphatic heterocycles. The maximum atomic E-state index is 6.16. The van der Waals surface area contributed by atoms with Crippen molar-refractivity contribution in [3.8, 4) is 11.6 Å². The molecule has 0 atom stereocenters. The Morgan fingerprint density at radius 1 is 1.29 bits per heavy atom. The van der Waals surface area contributed by atoms with Crippen molar-refractivity contribution < 1.29 is 4.74 Å². The number of nitrogens with zero attached hydrogens (tertiary/aromatic N) is 1. The summed E-state index contributed by atoms with van der Waals surface area (Å²) < 4.78 is 5.95. The van der Waals surface area contributed by atoms with E-state index in [0.717, 1.165) is 17.9 Å². The number of benzene rings is 1. The van der Waals surface area contributed by atoms with Gasteiger partial charge in [0, 0.05) is 18.8 Å². The van der Waals surface area contributed by atoms with Crippen LogP contribution in [0.15, 0.2) is 36.5 Å². The van der Waals surface area contributed by atoms with Crippen LogP contribution in [-0.2, 0) is 6.54 Å². The van der Waals surface area contributed by atoms with Crippen LogP contribution in [0, 0.1) is 0 Å². The Morgan fingerprint density at radius 3 is 2.76 bits per heavy atom. The topological polar surface area (TPSA) is 34.1 Å². The van der Waals surface area contributed by atoms with Gasteiger partial charge in [-0.05, 0) is 29.7 Å². The lowest BCUT2D eigenvalue weighted by atomic mass is 10.0. The fourth-order valence-electron chi connectivity index (χ4n) is 2.07. The van der Waals surface area contributed by atoms with Gasteiger partial charge in [0.15, 0.2) is 0 Å². The summed E-state index contributed by atoms with van der Waals surface area (Å²) in [4.78, 5) is 4.26. The van der Waals surface area contributed by atoms with Crippen LogP contribution in [0.3, 0.4) is 0 Å². The molecule has 0 saturated heterocycles. The number of ether oxygens (including phenoxy) is 1. The smallest absolute Gasteiger partial charge is 0.219 e. The Morgan fingerprint density at radius 2 is 2.05 bits per heavy atom. The Bertz CT molecular complexity index is 599. The molecule has 1 aromatic carbocycles. The number of nitrogens with one attached hydrogen (secondary N) is 1. The number of halogens is 1. The Balaban J connectivity index is 2.24. The quantitative estimate of drug-likeness (QED) is 0.835. The molecule has 0 saturated carbocycles. The Kier molecular flexibility index (Phi) is 5.59. The second-order valence-corrected chi connectivity index (χ2v) is 5.60.